The highest BCUT2D eigenvalue weighted by molar-refractivity contribution is 5.84. The van der Waals surface area contributed by atoms with E-state index in [1.54, 1.807) is 69.6 Å². The third-order valence-electron chi connectivity index (χ3n) is 11.9. The van der Waals surface area contributed by atoms with Crippen LogP contribution in [0.5, 0.6) is 34.5 Å². The first-order valence-corrected chi connectivity index (χ1v) is 23.2. The predicted molar refractivity (Wildman–Crippen MR) is 271 cm³/mol. The highest BCUT2D eigenvalue weighted by Gasteiger charge is 2.20. The zero-order valence-electron chi connectivity index (χ0n) is 40.8. The number of ether oxygens (including phenoxy) is 9. The van der Waals surface area contributed by atoms with Crippen LogP contribution in [-0.4, -0.2) is 98.2 Å². The average molecular weight is 967 g/mol. The van der Waals surface area contributed by atoms with Crippen molar-refractivity contribution in [2.45, 2.75) is 27.1 Å². The Labute approximate surface area is 411 Å². The van der Waals surface area contributed by atoms with Gasteiger partial charge in [0.15, 0.2) is 45.9 Å². The van der Waals surface area contributed by atoms with Gasteiger partial charge in [0.25, 0.3) is 11.1 Å². The minimum absolute atomic E-state index is 0.0591. The van der Waals surface area contributed by atoms with E-state index in [9.17, 15) is 9.59 Å². The van der Waals surface area contributed by atoms with E-state index >= 15 is 0 Å². The summed E-state index contributed by atoms with van der Waals surface area (Å²) in [6.07, 6.45) is 3.27. The summed E-state index contributed by atoms with van der Waals surface area (Å²) in [5, 5.41) is 0. The molecule has 2 aromatic heterocycles. The first kappa shape index (κ1) is 49.6. The topological polar surface area (TPSA) is 162 Å². The zero-order chi connectivity index (χ0) is 49.7. The number of aromatic nitrogens is 4. The third kappa shape index (κ3) is 11.8. The van der Waals surface area contributed by atoms with Crippen molar-refractivity contribution in [3.05, 3.63) is 164 Å². The molecule has 0 N–H and O–H groups in total. The SMILES string of the molecule is COc1ccc(C=Nc2c(C)n(C)n(-c3ccccc3)c2=O)cc1OCc1cc2c(cc1COc1cc(C=Nc3c(C)n(C)n(-c4ccccc4)c3=O)ccc1OC)OCCOCCOCCOCCO2. The molecular formula is C54H58N6O11. The number of para-hydroxylation sites is 2. The van der Waals surface area contributed by atoms with Crippen molar-refractivity contribution < 1.29 is 42.6 Å². The molecule has 8 rings (SSSR count). The lowest BCUT2D eigenvalue weighted by Gasteiger charge is -2.19. The summed E-state index contributed by atoms with van der Waals surface area (Å²) in [5.41, 5.74) is 5.88. The molecule has 17 nitrogen and oxygen atoms in total. The fourth-order valence-corrected chi connectivity index (χ4v) is 7.87. The summed E-state index contributed by atoms with van der Waals surface area (Å²) in [7, 11) is 6.80. The number of nitrogens with zero attached hydrogens (tertiary/aromatic N) is 6. The molecule has 0 amide bonds. The van der Waals surface area contributed by atoms with Gasteiger partial charge in [-0.2, -0.15) is 0 Å². The quantitative estimate of drug-likeness (QED) is 0.0980. The molecule has 5 aromatic carbocycles. The van der Waals surface area contributed by atoms with E-state index < -0.39 is 0 Å². The summed E-state index contributed by atoms with van der Waals surface area (Å²) in [4.78, 5) is 36.5. The minimum atomic E-state index is -0.237. The summed E-state index contributed by atoms with van der Waals surface area (Å²) in [6, 6.07) is 33.5. The van der Waals surface area contributed by atoms with Crippen LogP contribution in [0.3, 0.4) is 0 Å². The van der Waals surface area contributed by atoms with Crippen molar-refractivity contribution in [1.29, 1.82) is 0 Å². The number of benzene rings is 5. The number of hydrogen-bond acceptors (Lipinski definition) is 13. The van der Waals surface area contributed by atoms with Crippen LogP contribution in [0.1, 0.15) is 33.6 Å². The van der Waals surface area contributed by atoms with Crippen molar-refractivity contribution in [2.24, 2.45) is 24.1 Å². The van der Waals surface area contributed by atoms with Gasteiger partial charge in [-0.25, -0.2) is 19.3 Å². The molecular weight excluding hydrogens is 909 g/mol. The van der Waals surface area contributed by atoms with E-state index in [4.69, 9.17) is 42.6 Å². The second-order valence-electron chi connectivity index (χ2n) is 16.3. The molecule has 0 fully saturated rings. The van der Waals surface area contributed by atoms with Crippen molar-refractivity contribution in [3.63, 3.8) is 0 Å². The Kier molecular flexibility index (Phi) is 16.5. The molecule has 71 heavy (non-hydrogen) atoms. The number of fused-ring (bicyclic) bond motifs is 1. The summed E-state index contributed by atoms with van der Waals surface area (Å²) in [6.45, 7) is 6.73. The van der Waals surface area contributed by atoms with E-state index in [-0.39, 0.29) is 37.5 Å². The predicted octanol–water partition coefficient (Wildman–Crippen LogP) is 7.78. The molecule has 0 spiro atoms. The van der Waals surface area contributed by atoms with Gasteiger partial charge in [0, 0.05) is 26.5 Å². The van der Waals surface area contributed by atoms with Gasteiger partial charge >= 0.3 is 0 Å². The molecule has 370 valence electrons. The lowest BCUT2D eigenvalue weighted by atomic mass is 10.1. The van der Waals surface area contributed by atoms with E-state index in [2.05, 4.69) is 9.98 Å². The van der Waals surface area contributed by atoms with E-state index in [1.807, 2.05) is 113 Å². The minimum Gasteiger partial charge on any atom is -0.493 e. The standard InChI is InChI=1S/C54H58N6O11/c1-37-51(53(61)59(57(37)3)43-13-9-7-10-14-43)55-33-39-17-19-45(63-5)47(29-39)70-35-41-31-49-50(69-28-26-67-24-22-65-21-23-66-25-27-68-49)32-42(41)36-71-48-30-40(18-20-46(48)64-6)34-56-52-38(2)58(4)60(54(52)62)44-15-11-8-12-16-44/h7-20,29-34H,21-28,35-36H2,1-6H3. The monoisotopic (exact) mass is 966 g/mol. The summed E-state index contributed by atoms with van der Waals surface area (Å²) >= 11 is 0. The van der Waals surface area contributed by atoms with Gasteiger partial charge in [0.2, 0.25) is 0 Å². The van der Waals surface area contributed by atoms with Crippen LogP contribution >= 0.6 is 0 Å². The molecule has 0 bridgehead atoms. The molecule has 1 aliphatic rings. The Morgan fingerprint density at radius 1 is 0.507 bits per heavy atom. The number of rotatable bonds is 14. The maximum atomic E-state index is 13.6. The second-order valence-corrected chi connectivity index (χ2v) is 16.3. The molecule has 0 aliphatic carbocycles. The van der Waals surface area contributed by atoms with Crippen LogP contribution in [0.2, 0.25) is 0 Å². The summed E-state index contributed by atoms with van der Waals surface area (Å²) < 4.78 is 61.0. The smallest absolute Gasteiger partial charge is 0.297 e. The zero-order valence-corrected chi connectivity index (χ0v) is 40.8. The molecule has 1 aliphatic heterocycles. The molecule has 0 radical (unpaired) electrons. The summed E-state index contributed by atoms with van der Waals surface area (Å²) in [5.74, 6) is 2.82. The first-order valence-electron chi connectivity index (χ1n) is 23.2. The van der Waals surface area contributed by atoms with Crippen molar-refractivity contribution in [1.82, 2.24) is 18.7 Å². The number of methoxy groups -OCH3 is 2. The molecule has 7 aromatic rings. The van der Waals surface area contributed by atoms with Gasteiger partial charge in [-0.1, -0.05) is 36.4 Å². The highest BCUT2D eigenvalue weighted by atomic mass is 16.6. The Morgan fingerprint density at radius 2 is 0.887 bits per heavy atom. The lowest BCUT2D eigenvalue weighted by molar-refractivity contribution is 0.00708. The van der Waals surface area contributed by atoms with E-state index in [0.717, 1.165) is 22.5 Å². The fourth-order valence-electron chi connectivity index (χ4n) is 7.87. The maximum absolute atomic E-state index is 13.6. The second kappa shape index (κ2) is 23.6. The van der Waals surface area contributed by atoms with Gasteiger partial charge in [-0.3, -0.25) is 19.0 Å². The third-order valence-corrected chi connectivity index (χ3v) is 11.9. The Morgan fingerprint density at radius 3 is 1.27 bits per heavy atom. The molecule has 0 atom stereocenters. The number of hydrogen-bond donors (Lipinski definition) is 0. The van der Waals surface area contributed by atoms with Crippen LogP contribution < -0.4 is 39.5 Å². The average Bonchev–Trinajstić information content (AvgIpc) is 3.74. The van der Waals surface area contributed by atoms with Crippen LogP contribution in [0.15, 0.2) is 129 Å². The van der Waals surface area contributed by atoms with Crippen molar-refractivity contribution in [2.75, 3.05) is 67.1 Å². The van der Waals surface area contributed by atoms with Crippen molar-refractivity contribution >= 4 is 23.8 Å². The van der Waals surface area contributed by atoms with Gasteiger partial charge in [-0.15, -0.1) is 0 Å². The Hall–Kier alpha value is -7.86. The maximum Gasteiger partial charge on any atom is 0.297 e. The lowest BCUT2D eigenvalue weighted by Crippen LogP contribution is -2.19. The van der Waals surface area contributed by atoms with Gasteiger partial charge in [0.05, 0.1) is 76.6 Å². The van der Waals surface area contributed by atoms with Crippen molar-refractivity contribution in [3.8, 4) is 45.9 Å². The molecule has 3 heterocycles. The van der Waals surface area contributed by atoms with Gasteiger partial charge in [0.1, 0.15) is 26.4 Å². The van der Waals surface area contributed by atoms with E-state index in [0.29, 0.717) is 108 Å². The van der Waals surface area contributed by atoms with Gasteiger partial charge in [-0.05, 0) is 109 Å². The molecule has 0 unspecified atom stereocenters. The van der Waals surface area contributed by atoms with Crippen LogP contribution in [0, 0.1) is 13.8 Å². The normalized spacial score (nSPS) is 13.8. The largest absolute Gasteiger partial charge is 0.493 e. The Balaban J connectivity index is 1.08. The molecule has 0 saturated heterocycles. The molecule has 0 saturated carbocycles. The van der Waals surface area contributed by atoms with Crippen LogP contribution in [0.25, 0.3) is 11.4 Å². The number of aliphatic imine (C=N–C) groups is 2. The van der Waals surface area contributed by atoms with E-state index in [1.165, 1.54) is 0 Å². The highest BCUT2D eigenvalue weighted by Crippen LogP contribution is 2.36. The molecule has 17 heteroatoms. The van der Waals surface area contributed by atoms with Crippen LogP contribution in [-0.2, 0) is 41.5 Å². The van der Waals surface area contributed by atoms with Crippen LogP contribution in [0.4, 0.5) is 11.4 Å². The van der Waals surface area contributed by atoms with Gasteiger partial charge < -0.3 is 42.6 Å². The first-order chi connectivity index (χ1) is 34.6. The Bertz CT molecular complexity index is 2890. The fraction of sp³-hybridized carbons (Fsp3) is 0.296.